The Morgan fingerprint density at radius 2 is 1.65 bits per heavy atom. The first-order chi connectivity index (χ1) is 9.65. The predicted octanol–water partition coefficient (Wildman–Crippen LogP) is 4.97. The molecule has 0 aromatic heterocycles. The second-order valence-corrected chi connectivity index (χ2v) is 5.43. The van der Waals surface area contributed by atoms with Gasteiger partial charge in [-0.1, -0.05) is 52.3 Å². The van der Waals surface area contributed by atoms with E-state index in [9.17, 15) is 9.18 Å². The van der Waals surface area contributed by atoms with Crippen LogP contribution in [0.1, 0.15) is 15.9 Å². The van der Waals surface area contributed by atoms with Crippen molar-refractivity contribution in [1.82, 2.24) is 0 Å². The molecule has 98 valence electrons. The number of benzene rings is 3. The predicted molar refractivity (Wildman–Crippen MR) is 81.5 cm³/mol. The van der Waals surface area contributed by atoms with Crippen LogP contribution in [0.2, 0.25) is 0 Å². The van der Waals surface area contributed by atoms with Gasteiger partial charge in [0.15, 0.2) is 5.78 Å². The van der Waals surface area contributed by atoms with Crippen LogP contribution >= 0.6 is 15.9 Å². The summed E-state index contributed by atoms with van der Waals surface area (Å²) in [7, 11) is 0. The molecule has 0 radical (unpaired) electrons. The molecule has 0 amide bonds. The quantitative estimate of drug-likeness (QED) is 0.607. The molecule has 20 heavy (non-hydrogen) atoms. The molecule has 0 fully saturated rings. The molecule has 0 saturated heterocycles. The van der Waals surface area contributed by atoms with E-state index in [4.69, 9.17) is 0 Å². The molecule has 0 unspecified atom stereocenters. The number of rotatable bonds is 2. The average molecular weight is 329 g/mol. The number of carbonyl (C=O) groups is 1. The summed E-state index contributed by atoms with van der Waals surface area (Å²) in [4.78, 5) is 12.4. The molecule has 3 rings (SSSR count). The van der Waals surface area contributed by atoms with Crippen LogP contribution in [-0.4, -0.2) is 5.78 Å². The maximum Gasteiger partial charge on any atom is 0.196 e. The number of hydrogen-bond acceptors (Lipinski definition) is 1. The Hall–Kier alpha value is -2.00. The second-order valence-electron chi connectivity index (χ2n) is 4.52. The van der Waals surface area contributed by atoms with Gasteiger partial charge in [-0.3, -0.25) is 4.79 Å². The number of ketones is 1. The fraction of sp³-hybridized carbons (Fsp3) is 0. The highest BCUT2D eigenvalue weighted by atomic mass is 79.9. The van der Waals surface area contributed by atoms with Crippen LogP contribution in [0.3, 0.4) is 0 Å². The summed E-state index contributed by atoms with van der Waals surface area (Å²) in [6.45, 7) is 0. The van der Waals surface area contributed by atoms with Crippen molar-refractivity contribution in [2.24, 2.45) is 0 Å². The molecular weight excluding hydrogens is 319 g/mol. The maximum atomic E-state index is 13.8. The molecule has 0 aliphatic carbocycles. The summed E-state index contributed by atoms with van der Waals surface area (Å²) >= 11 is 3.26. The van der Waals surface area contributed by atoms with Crippen LogP contribution in [-0.2, 0) is 0 Å². The monoisotopic (exact) mass is 328 g/mol. The third kappa shape index (κ3) is 2.37. The van der Waals surface area contributed by atoms with E-state index in [1.54, 1.807) is 18.2 Å². The molecule has 0 atom stereocenters. The lowest BCUT2D eigenvalue weighted by molar-refractivity contribution is 0.103. The normalized spacial score (nSPS) is 10.7. The molecule has 0 N–H and O–H groups in total. The lowest BCUT2D eigenvalue weighted by Gasteiger charge is -2.05. The lowest BCUT2D eigenvalue weighted by atomic mass is 10.00. The van der Waals surface area contributed by atoms with Gasteiger partial charge in [-0.25, -0.2) is 4.39 Å². The van der Waals surface area contributed by atoms with E-state index in [1.165, 1.54) is 12.1 Å². The van der Waals surface area contributed by atoms with Crippen molar-refractivity contribution in [2.45, 2.75) is 0 Å². The Labute approximate surface area is 124 Å². The van der Waals surface area contributed by atoms with E-state index in [0.717, 1.165) is 10.8 Å². The molecule has 0 heterocycles. The fourth-order valence-electron chi connectivity index (χ4n) is 2.16. The van der Waals surface area contributed by atoms with Crippen LogP contribution in [0.25, 0.3) is 10.8 Å². The van der Waals surface area contributed by atoms with Crippen molar-refractivity contribution in [3.05, 3.63) is 82.1 Å². The van der Waals surface area contributed by atoms with Gasteiger partial charge in [0.25, 0.3) is 0 Å². The number of hydrogen-bond donors (Lipinski definition) is 0. The molecular formula is C17H10BrFO. The van der Waals surface area contributed by atoms with Crippen molar-refractivity contribution in [2.75, 3.05) is 0 Å². The summed E-state index contributed by atoms with van der Waals surface area (Å²) in [6, 6.07) is 17.5. The lowest BCUT2D eigenvalue weighted by Crippen LogP contribution is -2.04. The minimum Gasteiger partial charge on any atom is -0.288 e. The van der Waals surface area contributed by atoms with Crippen LogP contribution in [0, 0.1) is 5.82 Å². The van der Waals surface area contributed by atoms with Gasteiger partial charge >= 0.3 is 0 Å². The van der Waals surface area contributed by atoms with Gasteiger partial charge in [-0.05, 0) is 35.0 Å². The molecule has 1 nitrogen and oxygen atoms in total. The topological polar surface area (TPSA) is 17.1 Å². The average Bonchev–Trinajstić information content (AvgIpc) is 2.48. The summed E-state index contributed by atoms with van der Waals surface area (Å²) in [6.07, 6.45) is 0. The Morgan fingerprint density at radius 3 is 2.45 bits per heavy atom. The highest BCUT2D eigenvalue weighted by Gasteiger charge is 2.14. The SMILES string of the molecule is O=C(c1ccc2ccccc2c1)c1cc(Br)ccc1F. The van der Waals surface area contributed by atoms with Gasteiger partial charge < -0.3 is 0 Å². The molecule has 0 aliphatic rings. The first-order valence-electron chi connectivity index (χ1n) is 6.14. The van der Waals surface area contributed by atoms with Gasteiger partial charge in [0.2, 0.25) is 0 Å². The summed E-state index contributed by atoms with van der Waals surface area (Å²) in [5.41, 5.74) is 0.565. The van der Waals surface area contributed by atoms with Crippen LogP contribution < -0.4 is 0 Å². The second kappa shape index (κ2) is 5.17. The van der Waals surface area contributed by atoms with Crippen molar-refractivity contribution in [3.8, 4) is 0 Å². The van der Waals surface area contributed by atoms with Crippen molar-refractivity contribution in [3.63, 3.8) is 0 Å². The van der Waals surface area contributed by atoms with E-state index in [0.29, 0.717) is 10.0 Å². The van der Waals surface area contributed by atoms with Gasteiger partial charge in [0, 0.05) is 10.0 Å². The standard InChI is InChI=1S/C17H10BrFO/c18-14-7-8-16(19)15(10-14)17(20)13-6-5-11-3-1-2-4-12(11)9-13/h1-10H. The molecule has 0 spiro atoms. The minimum atomic E-state index is -0.508. The summed E-state index contributed by atoms with van der Waals surface area (Å²) in [5.74, 6) is -0.819. The first kappa shape index (κ1) is 13.0. The summed E-state index contributed by atoms with van der Waals surface area (Å²) < 4.78 is 14.5. The maximum absolute atomic E-state index is 13.8. The zero-order chi connectivity index (χ0) is 14.1. The Morgan fingerprint density at radius 1 is 0.900 bits per heavy atom. The number of fused-ring (bicyclic) bond motifs is 1. The Bertz CT molecular complexity index is 811. The smallest absolute Gasteiger partial charge is 0.196 e. The zero-order valence-electron chi connectivity index (χ0n) is 10.4. The van der Waals surface area contributed by atoms with E-state index in [1.807, 2.05) is 30.3 Å². The number of carbonyl (C=O) groups excluding carboxylic acids is 1. The highest BCUT2D eigenvalue weighted by molar-refractivity contribution is 9.10. The van der Waals surface area contributed by atoms with E-state index in [2.05, 4.69) is 15.9 Å². The third-order valence-corrected chi connectivity index (χ3v) is 3.68. The van der Waals surface area contributed by atoms with E-state index >= 15 is 0 Å². The molecule has 0 bridgehead atoms. The van der Waals surface area contributed by atoms with Crippen LogP contribution in [0.4, 0.5) is 4.39 Å². The molecule has 3 aromatic rings. The highest BCUT2D eigenvalue weighted by Crippen LogP contribution is 2.21. The summed E-state index contributed by atoms with van der Waals surface area (Å²) in [5, 5.41) is 2.02. The molecule has 0 aliphatic heterocycles. The molecule has 0 saturated carbocycles. The van der Waals surface area contributed by atoms with E-state index < -0.39 is 5.82 Å². The fourth-order valence-corrected chi connectivity index (χ4v) is 2.52. The third-order valence-electron chi connectivity index (χ3n) is 3.18. The minimum absolute atomic E-state index is 0.0784. The van der Waals surface area contributed by atoms with Gasteiger partial charge in [-0.15, -0.1) is 0 Å². The van der Waals surface area contributed by atoms with Gasteiger partial charge in [0.05, 0.1) is 5.56 Å². The zero-order valence-corrected chi connectivity index (χ0v) is 12.0. The first-order valence-corrected chi connectivity index (χ1v) is 6.93. The van der Waals surface area contributed by atoms with Gasteiger partial charge in [-0.2, -0.15) is 0 Å². The van der Waals surface area contributed by atoms with Crippen molar-refractivity contribution < 1.29 is 9.18 Å². The number of halogens is 2. The molecule has 3 aromatic carbocycles. The Kier molecular flexibility index (Phi) is 3.36. The van der Waals surface area contributed by atoms with Crippen molar-refractivity contribution in [1.29, 1.82) is 0 Å². The van der Waals surface area contributed by atoms with Crippen LogP contribution in [0.15, 0.2) is 65.1 Å². The van der Waals surface area contributed by atoms with E-state index in [-0.39, 0.29) is 11.3 Å². The Balaban J connectivity index is 2.10. The largest absolute Gasteiger partial charge is 0.288 e. The van der Waals surface area contributed by atoms with Gasteiger partial charge in [0.1, 0.15) is 5.82 Å². The van der Waals surface area contributed by atoms with Crippen LogP contribution in [0.5, 0.6) is 0 Å². The molecule has 3 heteroatoms. The van der Waals surface area contributed by atoms with Crippen molar-refractivity contribution >= 4 is 32.5 Å².